The Balaban J connectivity index is 1.73. The fourth-order valence-electron chi connectivity index (χ4n) is 3.95. The summed E-state index contributed by atoms with van der Waals surface area (Å²) in [6.45, 7) is 11.6. The number of fused-ring (bicyclic) bond motifs is 4. The Morgan fingerprint density at radius 3 is 2.44 bits per heavy atom. The molecule has 4 rings (SSSR count). The zero-order valence-electron chi connectivity index (χ0n) is 18.8. The number of unbranched alkanes of at least 4 members (excludes halogenated alkanes) is 1. The number of amides is 1. The van der Waals surface area contributed by atoms with Crippen LogP contribution in [0.1, 0.15) is 39.2 Å². The van der Waals surface area contributed by atoms with Gasteiger partial charge >= 0.3 is 0 Å². The second-order valence-electron chi connectivity index (χ2n) is 8.15. The minimum absolute atomic E-state index is 0.0228. The van der Waals surface area contributed by atoms with Crippen LogP contribution in [0, 0.1) is 6.92 Å². The number of rotatable bonds is 8. The summed E-state index contributed by atoms with van der Waals surface area (Å²) in [5.74, 6) is -0.0329. The van der Waals surface area contributed by atoms with Crippen molar-refractivity contribution in [2.24, 2.45) is 0 Å². The highest BCUT2D eigenvalue weighted by Crippen LogP contribution is 2.36. The molecule has 9 heteroatoms. The van der Waals surface area contributed by atoms with Crippen LogP contribution < -0.4 is 4.90 Å². The smallest absolute Gasteiger partial charge is 0.253 e. The first-order valence-corrected chi connectivity index (χ1v) is 12.4. The van der Waals surface area contributed by atoms with Gasteiger partial charge in [0.25, 0.3) is 5.91 Å². The Kier molecular flexibility index (Phi) is 5.32. The van der Waals surface area contributed by atoms with E-state index in [1.165, 1.54) is 0 Å². The molecule has 0 aliphatic carbocycles. The van der Waals surface area contributed by atoms with Crippen molar-refractivity contribution in [1.82, 2.24) is 14.1 Å². The molecule has 0 unspecified atom stereocenters. The van der Waals surface area contributed by atoms with Crippen molar-refractivity contribution in [2.45, 2.75) is 45.4 Å². The number of carbonyl (C=O) groups excluding carboxylic acids is 1. The van der Waals surface area contributed by atoms with Crippen molar-refractivity contribution in [2.75, 3.05) is 17.2 Å². The molecule has 2 aromatic heterocycles. The third-order valence-corrected chi connectivity index (χ3v) is 7.54. The highest BCUT2D eigenvalue weighted by Gasteiger charge is 2.29. The molecule has 1 N–H and O–H groups in total. The lowest BCUT2D eigenvalue weighted by Crippen LogP contribution is -2.31. The van der Waals surface area contributed by atoms with Gasteiger partial charge in [0.2, 0.25) is 0 Å². The molecule has 2 heterocycles. The van der Waals surface area contributed by atoms with Gasteiger partial charge in [-0.2, -0.15) is 0 Å². The van der Waals surface area contributed by atoms with Crippen molar-refractivity contribution in [3.05, 3.63) is 48.0 Å². The number of anilines is 1. The number of benzene rings is 2. The van der Waals surface area contributed by atoms with Gasteiger partial charge in [-0.25, -0.2) is 8.42 Å². The van der Waals surface area contributed by atoms with Gasteiger partial charge in [0.05, 0.1) is 16.3 Å². The Hall–Kier alpha value is -3.20. The van der Waals surface area contributed by atoms with E-state index in [2.05, 4.69) is 6.58 Å². The number of phenolic OH excluding ortho intramolecular Hbond substituents is 1. The summed E-state index contributed by atoms with van der Waals surface area (Å²) in [7, 11) is -3.32. The van der Waals surface area contributed by atoms with Crippen LogP contribution in [0.2, 0.25) is 0 Å². The van der Waals surface area contributed by atoms with Crippen LogP contribution in [0.4, 0.5) is 5.69 Å². The lowest BCUT2D eigenvalue weighted by atomic mass is 10.1. The third kappa shape index (κ3) is 3.37. The van der Waals surface area contributed by atoms with Gasteiger partial charge in [-0.05, 0) is 57.0 Å². The van der Waals surface area contributed by atoms with Crippen molar-refractivity contribution < 1.29 is 18.3 Å². The van der Waals surface area contributed by atoms with Crippen molar-refractivity contribution in [3.8, 4) is 11.4 Å². The molecule has 0 atom stereocenters. The number of likely N-dealkylation sites (N-methyl/N-ethyl adjacent to an activating group) is 1. The molecule has 0 bridgehead atoms. The molecular weight excluding hydrogens is 428 g/mol. The predicted molar refractivity (Wildman–Crippen MR) is 125 cm³/mol. The normalized spacial score (nSPS) is 12.2. The summed E-state index contributed by atoms with van der Waals surface area (Å²) in [5, 5.41) is 10.8. The van der Waals surface area contributed by atoms with Crippen LogP contribution in [-0.2, 0) is 14.6 Å². The summed E-state index contributed by atoms with van der Waals surface area (Å²) in [4.78, 5) is 16.1. The van der Waals surface area contributed by atoms with Gasteiger partial charge in [0, 0.05) is 18.2 Å². The Bertz CT molecular complexity index is 1440. The van der Waals surface area contributed by atoms with E-state index in [0.717, 1.165) is 23.0 Å². The second kappa shape index (κ2) is 7.74. The minimum atomic E-state index is -3.32. The highest BCUT2D eigenvalue weighted by atomic mass is 32.2. The van der Waals surface area contributed by atoms with E-state index >= 15 is 0 Å². The van der Waals surface area contributed by atoms with Gasteiger partial charge in [-0.1, -0.05) is 19.9 Å². The predicted octanol–water partition coefficient (Wildman–Crippen LogP) is 3.94. The summed E-state index contributed by atoms with van der Waals surface area (Å²) < 4.78 is 28.8. The quantitative estimate of drug-likeness (QED) is 0.407. The first-order chi connectivity index (χ1) is 15.1. The van der Waals surface area contributed by atoms with E-state index < -0.39 is 9.84 Å². The Morgan fingerprint density at radius 2 is 1.81 bits per heavy atom. The molecule has 4 aromatic rings. The first kappa shape index (κ1) is 22.0. The highest BCUT2D eigenvalue weighted by molar-refractivity contribution is 7.91. The SMILES string of the molecule is C=C(C)C(=O)N(CC)c1cc(O)c(-n2n3c4ccc(S(=O)(=O)CCCC)cc4n23)cc1C. The minimum Gasteiger partial charge on any atom is -0.506 e. The Morgan fingerprint density at radius 1 is 1.12 bits per heavy atom. The lowest BCUT2D eigenvalue weighted by molar-refractivity contribution is -0.115. The van der Waals surface area contributed by atoms with E-state index in [4.69, 9.17) is 0 Å². The maximum absolute atomic E-state index is 12.6. The molecule has 170 valence electrons. The fraction of sp³-hybridized carbons (Fsp3) is 0.348. The number of hydrogen-bond acceptors (Lipinski definition) is 4. The first-order valence-electron chi connectivity index (χ1n) is 10.7. The van der Waals surface area contributed by atoms with Gasteiger partial charge in [-0.15, -0.1) is 14.1 Å². The standard InChI is InChI=1S/C23H28N4O4S/c1-6-8-11-32(30,31)17-9-10-18-20(13-17)26-25(18)27(26)21-12-16(5)19(14-22(21)28)24(7-2)23(29)15(3)4/h9-10,12-14,28H,3,6-8,11H2,1-2,4-5H3. The van der Waals surface area contributed by atoms with Crippen molar-refractivity contribution >= 4 is 32.5 Å². The number of nitrogens with zero attached hydrogens (tertiary/aromatic N) is 4. The van der Waals surface area contributed by atoms with Crippen molar-refractivity contribution in [1.29, 1.82) is 0 Å². The summed E-state index contributed by atoms with van der Waals surface area (Å²) in [6, 6.07) is 8.50. The third-order valence-electron chi connectivity index (χ3n) is 5.74. The molecule has 32 heavy (non-hydrogen) atoms. The average Bonchev–Trinajstić information content (AvgIpc) is 3.41. The molecule has 1 amide bonds. The molecule has 0 saturated heterocycles. The molecule has 0 aliphatic rings. The zero-order chi connectivity index (χ0) is 23.4. The van der Waals surface area contributed by atoms with Gasteiger partial charge < -0.3 is 10.0 Å². The van der Waals surface area contributed by atoms with Gasteiger partial charge in [0.1, 0.15) is 22.5 Å². The van der Waals surface area contributed by atoms with Crippen LogP contribution in [0.5, 0.6) is 5.75 Å². The van der Waals surface area contributed by atoms with E-state index in [1.54, 1.807) is 45.5 Å². The van der Waals surface area contributed by atoms with E-state index in [1.807, 2.05) is 31.5 Å². The number of sulfone groups is 1. The van der Waals surface area contributed by atoms with Crippen LogP contribution in [-0.4, -0.2) is 45.8 Å². The number of aryl methyl sites for hydroxylation is 1. The number of hydrogen-bond donors (Lipinski definition) is 1. The number of aromatic hydroxyl groups is 1. The zero-order valence-corrected chi connectivity index (χ0v) is 19.6. The molecule has 8 nitrogen and oxygen atoms in total. The summed E-state index contributed by atoms with van der Waals surface area (Å²) in [5.41, 5.74) is 4.08. The number of aromatic nitrogens is 3. The van der Waals surface area contributed by atoms with Crippen LogP contribution in [0.15, 0.2) is 47.4 Å². The monoisotopic (exact) mass is 456 g/mol. The molecule has 2 aromatic carbocycles. The van der Waals surface area contributed by atoms with Crippen LogP contribution >= 0.6 is 0 Å². The van der Waals surface area contributed by atoms with E-state index in [0.29, 0.717) is 34.8 Å². The fourth-order valence-corrected chi connectivity index (χ4v) is 5.42. The van der Waals surface area contributed by atoms with Gasteiger partial charge in [0.15, 0.2) is 9.84 Å². The topological polar surface area (TPSA) is 88.4 Å². The second-order valence-corrected chi connectivity index (χ2v) is 10.3. The van der Waals surface area contributed by atoms with Gasteiger partial charge in [-0.3, -0.25) is 4.79 Å². The average molecular weight is 457 g/mol. The lowest BCUT2D eigenvalue weighted by Gasteiger charge is -2.23. The molecule has 0 spiro atoms. The molecule has 0 radical (unpaired) electrons. The maximum Gasteiger partial charge on any atom is 0.253 e. The van der Waals surface area contributed by atoms with E-state index in [-0.39, 0.29) is 17.4 Å². The molecular formula is C23H28N4O4S. The van der Waals surface area contributed by atoms with E-state index in [9.17, 15) is 18.3 Å². The largest absolute Gasteiger partial charge is 0.506 e. The summed E-state index contributed by atoms with van der Waals surface area (Å²) in [6.07, 6.45) is 1.45. The maximum atomic E-state index is 12.6. The van der Waals surface area contributed by atoms with Crippen molar-refractivity contribution in [3.63, 3.8) is 0 Å². The summed E-state index contributed by atoms with van der Waals surface area (Å²) >= 11 is 0. The number of carbonyl (C=O) groups is 1. The Labute approximate surface area is 187 Å². The number of phenols is 1. The molecule has 0 fully saturated rings. The van der Waals surface area contributed by atoms with Crippen LogP contribution in [0.3, 0.4) is 0 Å². The molecule has 0 aliphatic heterocycles. The van der Waals surface area contributed by atoms with Crippen LogP contribution in [0.25, 0.3) is 16.7 Å². The molecule has 0 saturated carbocycles.